The van der Waals surface area contributed by atoms with Crippen molar-refractivity contribution in [2.45, 2.75) is 25.9 Å². The van der Waals surface area contributed by atoms with Crippen molar-refractivity contribution in [3.05, 3.63) is 33.4 Å². The number of hydrogen-bond acceptors (Lipinski definition) is 1. The molecule has 1 aromatic carbocycles. The van der Waals surface area contributed by atoms with Gasteiger partial charge in [-0.25, -0.2) is 8.78 Å². The summed E-state index contributed by atoms with van der Waals surface area (Å²) < 4.78 is 34.0. The molecule has 0 amide bonds. The summed E-state index contributed by atoms with van der Waals surface area (Å²) in [7, 11) is 0. The second kappa shape index (κ2) is 3.78. The molecule has 0 saturated heterocycles. The van der Waals surface area contributed by atoms with Gasteiger partial charge in [-0.1, -0.05) is 0 Å². The highest BCUT2D eigenvalue weighted by atomic mass is 79.9. The van der Waals surface area contributed by atoms with E-state index in [1.165, 1.54) is 0 Å². The molecule has 0 unspecified atom stereocenters. The lowest BCUT2D eigenvalue weighted by atomic mass is 9.91. The number of rotatable bonds is 0. The SMILES string of the molecule is CC1(C)OCCc2[nH]c3c(F)cc(Br)c(F)c3c21. The molecule has 18 heavy (non-hydrogen) atoms. The van der Waals surface area contributed by atoms with Crippen LogP contribution in [0.5, 0.6) is 0 Å². The van der Waals surface area contributed by atoms with Crippen molar-refractivity contribution < 1.29 is 13.5 Å². The van der Waals surface area contributed by atoms with Gasteiger partial charge in [-0.3, -0.25) is 0 Å². The van der Waals surface area contributed by atoms with Crippen LogP contribution in [0.25, 0.3) is 10.9 Å². The first-order valence-corrected chi connectivity index (χ1v) is 6.53. The molecule has 0 bridgehead atoms. The molecule has 1 aromatic heterocycles. The van der Waals surface area contributed by atoms with Crippen LogP contribution in [0, 0.1) is 11.6 Å². The molecular weight excluding hydrogens is 304 g/mol. The van der Waals surface area contributed by atoms with E-state index in [0.29, 0.717) is 18.4 Å². The Kier molecular flexibility index (Phi) is 2.54. The molecule has 2 nitrogen and oxygen atoms in total. The average Bonchev–Trinajstić information content (AvgIpc) is 2.67. The number of halogens is 3. The third-order valence-electron chi connectivity index (χ3n) is 3.42. The van der Waals surface area contributed by atoms with Gasteiger partial charge in [0.2, 0.25) is 0 Å². The zero-order valence-electron chi connectivity index (χ0n) is 10.0. The minimum atomic E-state index is -0.611. The zero-order valence-corrected chi connectivity index (χ0v) is 11.6. The Bertz CT molecular complexity index is 648. The molecule has 2 heterocycles. The van der Waals surface area contributed by atoms with Crippen LogP contribution < -0.4 is 0 Å². The third kappa shape index (κ3) is 1.53. The maximum absolute atomic E-state index is 14.3. The molecule has 5 heteroatoms. The van der Waals surface area contributed by atoms with Gasteiger partial charge in [-0.2, -0.15) is 0 Å². The Morgan fingerprint density at radius 1 is 1.39 bits per heavy atom. The van der Waals surface area contributed by atoms with Crippen molar-refractivity contribution in [1.29, 1.82) is 0 Å². The number of ether oxygens (including phenoxy) is 1. The van der Waals surface area contributed by atoms with Crippen molar-refractivity contribution in [2.24, 2.45) is 0 Å². The minimum absolute atomic E-state index is 0.135. The Balaban J connectivity index is 2.48. The van der Waals surface area contributed by atoms with Crippen LogP contribution in [0.1, 0.15) is 25.1 Å². The summed E-state index contributed by atoms with van der Waals surface area (Å²) in [4.78, 5) is 2.99. The van der Waals surface area contributed by atoms with Crippen molar-refractivity contribution in [1.82, 2.24) is 4.98 Å². The molecule has 3 rings (SSSR count). The summed E-state index contributed by atoms with van der Waals surface area (Å²) in [5.74, 6) is -0.897. The van der Waals surface area contributed by atoms with Gasteiger partial charge in [-0.15, -0.1) is 0 Å². The van der Waals surface area contributed by atoms with E-state index < -0.39 is 17.2 Å². The number of H-pyrrole nitrogens is 1. The van der Waals surface area contributed by atoms with Crippen LogP contribution in [-0.2, 0) is 16.8 Å². The molecule has 0 aliphatic carbocycles. The first-order chi connectivity index (χ1) is 8.42. The van der Waals surface area contributed by atoms with Gasteiger partial charge in [0, 0.05) is 23.1 Å². The smallest absolute Gasteiger partial charge is 0.148 e. The first-order valence-electron chi connectivity index (χ1n) is 5.74. The van der Waals surface area contributed by atoms with Gasteiger partial charge >= 0.3 is 0 Å². The van der Waals surface area contributed by atoms with E-state index >= 15 is 0 Å². The number of fused-ring (bicyclic) bond motifs is 3. The number of benzene rings is 1. The van der Waals surface area contributed by atoms with Crippen molar-refractivity contribution >= 4 is 26.8 Å². The molecule has 0 fully saturated rings. The summed E-state index contributed by atoms with van der Waals surface area (Å²) in [6.07, 6.45) is 0.643. The van der Waals surface area contributed by atoms with E-state index in [0.717, 1.165) is 17.3 Å². The van der Waals surface area contributed by atoms with E-state index in [1.54, 1.807) is 0 Å². The molecule has 0 spiro atoms. The van der Waals surface area contributed by atoms with Crippen molar-refractivity contribution in [3.8, 4) is 0 Å². The van der Waals surface area contributed by atoms with Crippen LogP contribution in [0.15, 0.2) is 10.5 Å². The number of aromatic nitrogens is 1. The fraction of sp³-hybridized carbons (Fsp3) is 0.385. The van der Waals surface area contributed by atoms with Gasteiger partial charge in [-0.05, 0) is 35.8 Å². The second-order valence-electron chi connectivity index (χ2n) is 4.99. The quantitative estimate of drug-likeness (QED) is 0.730. The lowest BCUT2D eigenvalue weighted by Crippen LogP contribution is -2.28. The average molecular weight is 316 g/mol. The van der Waals surface area contributed by atoms with Crippen LogP contribution >= 0.6 is 15.9 Å². The van der Waals surface area contributed by atoms with Gasteiger partial charge in [0.15, 0.2) is 0 Å². The standard InChI is InChI=1S/C13H12BrF2NO/c1-13(2)10-8(3-4-18-13)17-12-7(15)5-6(14)11(16)9(10)12/h5,17H,3-4H2,1-2H3. The summed E-state index contributed by atoms with van der Waals surface area (Å²) in [5.41, 5.74) is 1.19. The van der Waals surface area contributed by atoms with E-state index in [2.05, 4.69) is 20.9 Å². The van der Waals surface area contributed by atoms with Crippen molar-refractivity contribution in [3.63, 3.8) is 0 Å². The molecule has 1 aliphatic rings. The lowest BCUT2D eigenvalue weighted by Gasteiger charge is -2.31. The van der Waals surface area contributed by atoms with Crippen LogP contribution in [0.2, 0.25) is 0 Å². The highest BCUT2D eigenvalue weighted by Gasteiger charge is 2.34. The molecule has 1 aliphatic heterocycles. The minimum Gasteiger partial charge on any atom is -0.370 e. The maximum atomic E-state index is 14.3. The van der Waals surface area contributed by atoms with E-state index in [9.17, 15) is 8.78 Å². The monoisotopic (exact) mass is 315 g/mol. The Morgan fingerprint density at radius 3 is 2.83 bits per heavy atom. The fourth-order valence-electron chi connectivity index (χ4n) is 2.65. The first kappa shape index (κ1) is 12.1. The van der Waals surface area contributed by atoms with Gasteiger partial charge in [0.25, 0.3) is 0 Å². The molecule has 96 valence electrons. The predicted molar refractivity (Wildman–Crippen MR) is 68.6 cm³/mol. The number of hydrogen-bond donors (Lipinski definition) is 1. The topological polar surface area (TPSA) is 25.0 Å². The van der Waals surface area contributed by atoms with Crippen molar-refractivity contribution in [2.75, 3.05) is 6.61 Å². The molecule has 1 N–H and O–H groups in total. The highest BCUT2D eigenvalue weighted by molar-refractivity contribution is 9.10. The Hall–Kier alpha value is -0.940. The summed E-state index contributed by atoms with van der Waals surface area (Å²) in [6, 6.07) is 1.15. The molecule has 0 radical (unpaired) electrons. The molecule has 2 aromatic rings. The fourth-order valence-corrected chi connectivity index (χ4v) is 3.05. The maximum Gasteiger partial charge on any atom is 0.148 e. The Morgan fingerprint density at radius 2 is 2.11 bits per heavy atom. The van der Waals surface area contributed by atoms with E-state index in [4.69, 9.17) is 4.74 Å². The number of aromatic amines is 1. The van der Waals surface area contributed by atoms with Gasteiger partial charge < -0.3 is 9.72 Å². The molecule has 0 atom stereocenters. The Labute approximate surface area is 111 Å². The van der Waals surface area contributed by atoms with E-state index in [1.807, 2.05) is 13.8 Å². The summed E-state index contributed by atoms with van der Waals surface area (Å²) in [6.45, 7) is 4.30. The van der Waals surface area contributed by atoms with Crippen LogP contribution in [0.4, 0.5) is 8.78 Å². The van der Waals surface area contributed by atoms with Crippen LogP contribution in [-0.4, -0.2) is 11.6 Å². The largest absolute Gasteiger partial charge is 0.370 e. The zero-order chi connectivity index (χ0) is 13.1. The summed E-state index contributed by atoms with van der Waals surface area (Å²) in [5, 5.41) is 0.293. The second-order valence-corrected chi connectivity index (χ2v) is 5.85. The summed E-state index contributed by atoms with van der Waals surface area (Å²) >= 11 is 3.05. The molecule has 0 saturated carbocycles. The van der Waals surface area contributed by atoms with Gasteiger partial charge in [0.1, 0.15) is 11.6 Å². The predicted octanol–water partition coefficient (Wildman–Crippen LogP) is 4.02. The lowest BCUT2D eigenvalue weighted by molar-refractivity contribution is -0.0307. The van der Waals surface area contributed by atoms with E-state index in [-0.39, 0.29) is 9.99 Å². The van der Waals surface area contributed by atoms with Gasteiger partial charge in [0.05, 0.1) is 22.2 Å². The van der Waals surface area contributed by atoms with Crippen LogP contribution in [0.3, 0.4) is 0 Å². The highest BCUT2D eigenvalue weighted by Crippen LogP contribution is 2.41. The number of nitrogens with one attached hydrogen (secondary N) is 1. The third-order valence-corrected chi connectivity index (χ3v) is 3.99. The normalized spacial score (nSPS) is 18.1. The molecular formula is C13H12BrF2NO.